The summed E-state index contributed by atoms with van der Waals surface area (Å²) >= 11 is 0. The first-order valence-corrected chi connectivity index (χ1v) is 8.85. The fourth-order valence-electron chi connectivity index (χ4n) is 2.69. The number of sulfonamides is 1. The normalized spacial score (nSPS) is 20.2. The van der Waals surface area contributed by atoms with Crippen molar-refractivity contribution in [3.63, 3.8) is 0 Å². The van der Waals surface area contributed by atoms with E-state index in [1.807, 2.05) is 0 Å². The van der Waals surface area contributed by atoms with E-state index in [0.29, 0.717) is 18.0 Å². The molecule has 2 aliphatic heterocycles. The minimum atomic E-state index is -3.76. The summed E-state index contributed by atoms with van der Waals surface area (Å²) < 4.78 is 38.5. The van der Waals surface area contributed by atoms with Crippen molar-refractivity contribution < 1.29 is 22.7 Å². The quantitative estimate of drug-likeness (QED) is 0.704. The average Bonchev–Trinajstić information content (AvgIpc) is 2.54. The SMILES string of the molecule is COc1cc2c(cc1S(=O)(=O)N[C@@H]1CCCNC1)OCC(=O)N2.Cl. The summed E-state index contributed by atoms with van der Waals surface area (Å²) in [5, 5.41) is 5.79. The number of carbonyl (C=O) groups is 1. The van der Waals surface area contributed by atoms with Crippen LogP contribution in [0.1, 0.15) is 12.8 Å². The van der Waals surface area contributed by atoms with Crippen molar-refractivity contribution in [2.45, 2.75) is 23.8 Å². The highest BCUT2D eigenvalue weighted by Gasteiger charge is 2.28. The molecule has 3 rings (SSSR count). The van der Waals surface area contributed by atoms with E-state index in [9.17, 15) is 13.2 Å². The van der Waals surface area contributed by atoms with Gasteiger partial charge in [-0.05, 0) is 19.4 Å². The Balaban J connectivity index is 0.00000208. The highest BCUT2D eigenvalue weighted by molar-refractivity contribution is 7.89. The number of methoxy groups -OCH3 is 1. The van der Waals surface area contributed by atoms with Gasteiger partial charge in [0.1, 0.15) is 16.4 Å². The first-order chi connectivity index (χ1) is 11.0. The van der Waals surface area contributed by atoms with Crippen molar-refractivity contribution in [3.05, 3.63) is 12.1 Å². The first kappa shape index (κ1) is 18.8. The maximum Gasteiger partial charge on any atom is 0.262 e. The Bertz CT molecular complexity index is 719. The predicted molar refractivity (Wildman–Crippen MR) is 90.6 cm³/mol. The van der Waals surface area contributed by atoms with Crippen LogP contribution in [0.3, 0.4) is 0 Å². The molecular formula is C14H20ClN3O5S. The van der Waals surface area contributed by atoms with Crippen molar-refractivity contribution in [2.75, 3.05) is 32.1 Å². The molecule has 1 fully saturated rings. The zero-order valence-electron chi connectivity index (χ0n) is 13.1. The molecule has 1 amide bonds. The summed E-state index contributed by atoms with van der Waals surface area (Å²) in [6.07, 6.45) is 1.70. The molecule has 0 bridgehead atoms. The Morgan fingerprint density at radius 2 is 2.17 bits per heavy atom. The second kappa shape index (κ2) is 7.56. The predicted octanol–water partition coefficient (Wildman–Crippen LogP) is 0.478. The molecule has 1 aromatic carbocycles. The summed E-state index contributed by atoms with van der Waals surface area (Å²) in [7, 11) is -2.37. The minimum absolute atomic E-state index is 0. The standard InChI is InChI=1S/C14H19N3O5S.ClH/c1-21-12-5-10-11(22-8-14(18)16-10)6-13(12)23(19,20)17-9-3-2-4-15-7-9;/h5-6,9,15,17H,2-4,7-8H2,1H3,(H,16,18);1H/t9-;/m1./s1. The molecule has 0 spiro atoms. The van der Waals surface area contributed by atoms with Gasteiger partial charge in [0.05, 0.1) is 12.8 Å². The van der Waals surface area contributed by atoms with E-state index in [1.54, 1.807) is 0 Å². The van der Waals surface area contributed by atoms with Gasteiger partial charge in [0, 0.05) is 24.7 Å². The molecule has 2 heterocycles. The van der Waals surface area contributed by atoms with Crippen LogP contribution in [-0.4, -0.2) is 47.2 Å². The van der Waals surface area contributed by atoms with Crippen molar-refractivity contribution in [2.24, 2.45) is 0 Å². The number of anilines is 1. The Kier molecular flexibility index (Phi) is 5.92. The second-order valence-electron chi connectivity index (χ2n) is 5.50. The molecule has 2 aliphatic rings. The van der Waals surface area contributed by atoms with E-state index < -0.39 is 10.0 Å². The second-order valence-corrected chi connectivity index (χ2v) is 7.18. The number of nitrogens with one attached hydrogen (secondary N) is 3. The lowest BCUT2D eigenvalue weighted by atomic mass is 10.1. The third-order valence-electron chi connectivity index (χ3n) is 3.81. The van der Waals surface area contributed by atoms with Gasteiger partial charge in [-0.15, -0.1) is 12.4 Å². The van der Waals surface area contributed by atoms with Crippen molar-refractivity contribution in [1.29, 1.82) is 0 Å². The van der Waals surface area contributed by atoms with Crippen LogP contribution in [0.15, 0.2) is 17.0 Å². The van der Waals surface area contributed by atoms with E-state index in [1.165, 1.54) is 19.2 Å². The molecule has 3 N–H and O–H groups in total. The first-order valence-electron chi connectivity index (χ1n) is 7.37. The highest BCUT2D eigenvalue weighted by Crippen LogP contribution is 2.37. The maximum atomic E-state index is 12.7. The summed E-state index contributed by atoms with van der Waals surface area (Å²) in [4.78, 5) is 11.4. The highest BCUT2D eigenvalue weighted by atomic mass is 35.5. The number of halogens is 1. The average molecular weight is 378 g/mol. The van der Waals surface area contributed by atoms with Gasteiger partial charge < -0.3 is 20.1 Å². The molecule has 134 valence electrons. The smallest absolute Gasteiger partial charge is 0.262 e. The lowest BCUT2D eigenvalue weighted by Gasteiger charge is -2.25. The Morgan fingerprint density at radius 1 is 1.38 bits per heavy atom. The summed E-state index contributed by atoms with van der Waals surface area (Å²) in [6.45, 7) is 1.35. The molecule has 8 nitrogen and oxygen atoms in total. The van der Waals surface area contributed by atoms with Gasteiger partial charge in [-0.3, -0.25) is 4.79 Å². The molecule has 0 saturated carbocycles. The third-order valence-corrected chi connectivity index (χ3v) is 5.35. The summed E-state index contributed by atoms with van der Waals surface area (Å²) in [5.41, 5.74) is 0.399. The van der Waals surface area contributed by atoms with E-state index in [2.05, 4.69) is 15.4 Å². The van der Waals surface area contributed by atoms with Gasteiger partial charge >= 0.3 is 0 Å². The number of fused-ring (bicyclic) bond motifs is 1. The maximum absolute atomic E-state index is 12.7. The number of rotatable bonds is 4. The number of hydrogen-bond donors (Lipinski definition) is 3. The number of benzene rings is 1. The molecular weight excluding hydrogens is 358 g/mol. The third kappa shape index (κ3) is 3.92. The Labute approximate surface area is 146 Å². The Morgan fingerprint density at radius 3 is 2.83 bits per heavy atom. The molecule has 10 heteroatoms. The summed E-state index contributed by atoms with van der Waals surface area (Å²) in [5.74, 6) is 0.180. The number of hydrogen-bond acceptors (Lipinski definition) is 6. The number of ether oxygens (including phenoxy) is 2. The molecule has 0 unspecified atom stereocenters. The zero-order valence-corrected chi connectivity index (χ0v) is 14.8. The molecule has 24 heavy (non-hydrogen) atoms. The van der Waals surface area contributed by atoms with Crippen LogP contribution in [0.4, 0.5) is 5.69 Å². The van der Waals surface area contributed by atoms with E-state index in [4.69, 9.17) is 9.47 Å². The van der Waals surface area contributed by atoms with Gasteiger partial charge in [0.2, 0.25) is 10.0 Å². The van der Waals surface area contributed by atoms with Crippen molar-refractivity contribution >= 4 is 34.0 Å². The molecule has 1 saturated heterocycles. The zero-order chi connectivity index (χ0) is 16.4. The van der Waals surface area contributed by atoms with E-state index in [-0.39, 0.29) is 41.6 Å². The van der Waals surface area contributed by atoms with Gasteiger partial charge in [0.25, 0.3) is 5.91 Å². The van der Waals surface area contributed by atoms with E-state index >= 15 is 0 Å². The van der Waals surface area contributed by atoms with Crippen LogP contribution in [0, 0.1) is 0 Å². The van der Waals surface area contributed by atoms with Crippen LogP contribution in [0.2, 0.25) is 0 Å². The topological polar surface area (TPSA) is 106 Å². The molecule has 0 aliphatic carbocycles. The largest absolute Gasteiger partial charge is 0.495 e. The number of carbonyl (C=O) groups excluding carboxylic acids is 1. The van der Waals surface area contributed by atoms with Gasteiger partial charge in [0.15, 0.2) is 6.61 Å². The fourth-order valence-corrected chi connectivity index (χ4v) is 4.13. The molecule has 1 atom stereocenters. The lowest BCUT2D eigenvalue weighted by Crippen LogP contribution is -2.45. The van der Waals surface area contributed by atoms with Gasteiger partial charge in [-0.1, -0.05) is 0 Å². The fraction of sp³-hybridized carbons (Fsp3) is 0.500. The molecule has 0 radical (unpaired) electrons. The Hall–Kier alpha value is -1.55. The number of piperidine rings is 1. The lowest BCUT2D eigenvalue weighted by molar-refractivity contribution is -0.118. The van der Waals surface area contributed by atoms with Crippen LogP contribution >= 0.6 is 12.4 Å². The van der Waals surface area contributed by atoms with Crippen LogP contribution in [-0.2, 0) is 14.8 Å². The van der Waals surface area contributed by atoms with Crippen molar-refractivity contribution in [1.82, 2.24) is 10.0 Å². The van der Waals surface area contributed by atoms with Gasteiger partial charge in [-0.2, -0.15) is 0 Å². The minimum Gasteiger partial charge on any atom is -0.495 e. The van der Waals surface area contributed by atoms with Gasteiger partial charge in [-0.25, -0.2) is 13.1 Å². The van der Waals surface area contributed by atoms with Crippen LogP contribution < -0.4 is 24.8 Å². The molecule has 1 aromatic rings. The monoisotopic (exact) mass is 377 g/mol. The molecule has 0 aromatic heterocycles. The van der Waals surface area contributed by atoms with Crippen LogP contribution in [0.5, 0.6) is 11.5 Å². The van der Waals surface area contributed by atoms with Crippen molar-refractivity contribution in [3.8, 4) is 11.5 Å². The summed E-state index contributed by atoms with van der Waals surface area (Å²) in [6, 6.07) is 2.68. The van der Waals surface area contributed by atoms with Crippen LogP contribution in [0.25, 0.3) is 0 Å². The number of amides is 1. The van der Waals surface area contributed by atoms with E-state index in [0.717, 1.165) is 19.4 Å².